The molecular formula is C21H24N2O2. The van der Waals surface area contributed by atoms with Crippen LogP contribution < -0.4 is 0 Å². The number of piperidine rings is 1. The number of rotatable bonds is 2. The summed E-state index contributed by atoms with van der Waals surface area (Å²) in [7, 11) is 0. The zero-order chi connectivity index (χ0) is 17.4. The van der Waals surface area contributed by atoms with Gasteiger partial charge in [-0.1, -0.05) is 25.1 Å². The fourth-order valence-electron chi connectivity index (χ4n) is 5.98. The van der Waals surface area contributed by atoms with Crippen LogP contribution in [0.3, 0.4) is 0 Å². The monoisotopic (exact) mass is 336 g/mol. The van der Waals surface area contributed by atoms with E-state index in [1.165, 1.54) is 16.6 Å². The molecule has 3 aliphatic heterocycles. The minimum absolute atomic E-state index is 0.0987. The first-order valence-corrected chi connectivity index (χ1v) is 9.38. The van der Waals surface area contributed by atoms with Gasteiger partial charge in [-0.05, 0) is 56.9 Å². The molecule has 1 saturated heterocycles. The second kappa shape index (κ2) is 4.76. The lowest BCUT2D eigenvalue weighted by atomic mass is 9.58. The fraction of sp³-hybridized carbons (Fsp3) is 0.476. The van der Waals surface area contributed by atoms with E-state index in [2.05, 4.69) is 47.6 Å². The molecule has 0 saturated carbocycles. The number of carbonyl (C=O) groups is 1. The Morgan fingerprint density at radius 3 is 2.84 bits per heavy atom. The van der Waals surface area contributed by atoms with Crippen LogP contribution in [0.4, 0.5) is 0 Å². The highest BCUT2D eigenvalue weighted by Crippen LogP contribution is 2.60. The second-order valence-electron chi connectivity index (χ2n) is 7.94. The first kappa shape index (κ1) is 15.2. The third-order valence-corrected chi connectivity index (χ3v) is 7.23. The summed E-state index contributed by atoms with van der Waals surface area (Å²) in [4.78, 5) is 14.8. The van der Waals surface area contributed by atoms with Gasteiger partial charge < -0.3 is 9.67 Å². The molecule has 2 aromatic rings. The summed E-state index contributed by atoms with van der Waals surface area (Å²) >= 11 is 0. The largest absolute Gasteiger partial charge is 0.477 e. The number of benzene rings is 1. The summed E-state index contributed by atoms with van der Waals surface area (Å²) in [6.45, 7) is 6.75. The smallest absolute Gasteiger partial charge is 0.352 e. The quantitative estimate of drug-likeness (QED) is 0.906. The Bertz CT molecular complexity index is 941. The highest BCUT2D eigenvalue weighted by Gasteiger charge is 2.59. The maximum atomic E-state index is 12.2. The lowest BCUT2D eigenvalue weighted by molar-refractivity contribution is -0.131. The Morgan fingerprint density at radius 1 is 1.28 bits per heavy atom. The Hall–Kier alpha value is -2.07. The first-order chi connectivity index (χ1) is 12.0. The molecule has 0 aliphatic carbocycles. The molecule has 1 aromatic heterocycles. The summed E-state index contributed by atoms with van der Waals surface area (Å²) in [5, 5.41) is 11.2. The van der Waals surface area contributed by atoms with Crippen molar-refractivity contribution in [1.82, 2.24) is 9.47 Å². The highest BCUT2D eigenvalue weighted by molar-refractivity contribution is 6.12. The number of carboxylic acid groups (broad SMARTS) is 1. The second-order valence-corrected chi connectivity index (χ2v) is 7.94. The number of hydrogen-bond donors (Lipinski definition) is 1. The van der Waals surface area contributed by atoms with E-state index >= 15 is 0 Å². The molecule has 0 amide bonds. The molecule has 4 nitrogen and oxygen atoms in total. The molecule has 130 valence electrons. The Morgan fingerprint density at radius 2 is 2.08 bits per heavy atom. The molecule has 4 heteroatoms. The summed E-state index contributed by atoms with van der Waals surface area (Å²) in [6.07, 6.45) is 6.27. The average Bonchev–Trinajstić information content (AvgIpc) is 2.95. The van der Waals surface area contributed by atoms with Gasteiger partial charge in [0.2, 0.25) is 0 Å². The number of aliphatic carboxylic acids is 1. The third kappa shape index (κ3) is 1.59. The molecule has 0 bridgehead atoms. The van der Waals surface area contributed by atoms with Crippen molar-refractivity contribution in [2.75, 3.05) is 13.1 Å². The minimum Gasteiger partial charge on any atom is -0.477 e. The first-order valence-electron chi connectivity index (χ1n) is 9.38. The standard InChI is InChI=1S/C21H24N2O2/c1-3-21-10-6-11-22-12-9-15-14-7-4-5-8-16(14)23(17(13-21)19(24)25)18(15)20(21,22)2/h4-5,7-8,13H,3,6,9-12H2,1-2H3,(H,24,25)/t20-,21+/m1/s1. The molecule has 1 fully saturated rings. The van der Waals surface area contributed by atoms with Gasteiger partial charge in [0.15, 0.2) is 0 Å². The zero-order valence-corrected chi connectivity index (χ0v) is 14.9. The Balaban J connectivity index is 1.97. The Kier molecular flexibility index (Phi) is 2.89. The lowest BCUT2D eigenvalue weighted by Crippen LogP contribution is -2.63. The van der Waals surface area contributed by atoms with Gasteiger partial charge in [0, 0.05) is 23.0 Å². The number of carboxylic acids is 1. The van der Waals surface area contributed by atoms with Gasteiger partial charge in [0.05, 0.1) is 11.1 Å². The van der Waals surface area contributed by atoms with E-state index in [-0.39, 0.29) is 11.0 Å². The summed E-state index contributed by atoms with van der Waals surface area (Å²) in [6, 6.07) is 8.31. The van der Waals surface area contributed by atoms with E-state index < -0.39 is 5.97 Å². The van der Waals surface area contributed by atoms with Crippen LogP contribution in [0.2, 0.25) is 0 Å². The van der Waals surface area contributed by atoms with Crippen LogP contribution in [0.1, 0.15) is 44.4 Å². The van der Waals surface area contributed by atoms with Gasteiger partial charge >= 0.3 is 5.97 Å². The van der Waals surface area contributed by atoms with Gasteiger partial charge in [-0.3, -0.25) is 4.90 Å². The number of nitrogens with zero attached hydrogens (tertiary/aromatic N) is 2. The van der Waals surface area contributed by atoms with Gasteiger partial charge in [0.25, 0.3) is 0 Å². The van der Waals surface area contributed by atoms with Crippen LogP contribution in [0.15, 0.2) is 30.3 Å². The molecular weight excluding hydrogens is 312 g/mol. The molecule has 1 aromatic carbocycles. The van der Waals surface area contributed by atoms with Crippen LogP contribution in [0.25, 0.3) is 16.6 Å². The molecule has 2 atom stereocenters. The van der Waals surface area contributed by atoms with Gasteiger partial charge in [-0.15, -0.1) is 0 Å². The number of aromatic nitrogens is 1. The van der Waals surface area contributed by atoms with Crippen molar-refractivity contribution in [2.24, 2.45) is 5.41 Å². The van der Waals surface area contributed by atoms with Gasteiger partial charge in [0.1, 0.15) is 5.70 Å². The van der Waals surface area contributed by atoms with Crippen LogP contribution in [0, 0.1) is 5.41 Å². The van der Waals surface area contributed by atoms with Crippen molar-refractivity contribution in [3.63, 3.8) is 0 Å². The van der Waals surface area contributed by atoms with Crippen molar-refractivity contribution in [1.29, 1.82) is 0 Å². The van der Waals surface area contributed by atoms with Crippen LogP contribution in [-0.4, -0.2) is 33.6 Å². The molecule has 0 unspecified atom stereocenters. The zero-order valence-electron chi connectivity index (χ0n) is 14.9. The molecule has 25 heavy (non-hydrogen) atoms. The van der Waals surface area contributed by atoms with Crippen LogP contribution in [-0.2, 0) is 16.8 Å². The number of fused-ring (bicyclic) bond motifs is 3. The predicted octanol–water partition coefficient (Wildman–Crippen LogP) is 3.84. The fourth-order valence-corrected chi connectivity index (χ4v) is 5.98. The van der Waals surface area contributed by atoms with Crippen molar-refractivity contribution in [2.45, 2.75) is 45.1 Å². The number of para-hydroxylation sites is 1. The highest BCUT2D eigenvalue weighted by atomic mass is 16.4. The van der Waals surface area contributed by atoms with E-state index in [9.17, 15) is 9.90 Å². The van der Waals surface area contributed by atoms with E-state index in [0.717, 1.165) is 44.3 Å². The van der Waals surface area contributed by atoms with Crippen molar-refractivity contribution in [3.8, 4) is 0 Å². The number of hydrogen-bond acceptors (Lipinski definition) is 2. The summed E-state index contributed by atoms with van der Waals surface area (Å²) in [5.74, 6) is -0.818. The molecule has 4 heterocycles. The molecule has 0 spiro atoms. The molecule has 5 rings (SSSR count). The maximum Gasteiger partial charge on any atom is 0.352 e. The average molecular weight is 336 g/mol. The SMILES string of the molecule is CC[C@@]12C=C(C(=O)O)n3c4c(c5ccccc53)CCN(CCC1)[C@]42C. The third-order valence-electron chi connectivity index (χ3n) is 7.23. The van der Waals surface area contributed by atoms with E-state index in [1.54, 1.807) is 0 Å². The molecule has 0 radical (unpaired) electrons. The maximum absolute atomic E-state index is 12.2. The summed E-state index contributed by atoms with van der Waals surface area (Å²) < 4.78 is 2.05. The topological polar surface area (TPSA) is 45.5 Å². The van der Waals surface area contributed by atoms with Crippen molar-refractivity contribution in [3.05, 3.63) is 41.6 Å². The van der Waals surface area contributed by atoms with Crippen molar-refractivity contribution >= 4 is 22.6 Å². The van der Waals surface area contributed by atoms with Crippen molar-refractivity contribution < 1.29 is 9.90 Å². The molecule has 1 N–H and O–H groups in total. The van der Waals surface area contributed by atoms with Crippen LogP contribution in [0.5, 0.6) is 0 Å². The van der Waals surface area contributed by atoms with Crippen LogP contribution >= 0.6 is 0 Å². The minimum atomic E-state index is -0.818. The van der Waals surface area contributed by atoms with E-state index in [1.807, 2.05) is 6.07 Å². The summed E-state index contributed by atoms with van der Waals surface area (Å²) in [5.41, 5.74) is 3.87. The van der Waals surface area contributed by atoms with E-state index in [0.29, 0.717) is 5.70 Å². The van der Waals surface area contributed by atoms with Gasteiger partial charge in [-0.25, -0.2) is 4.79 Å². The van der Waals surface area contributed by atoms with E-state index in [4.69, 9.17) is 0 Å². The normalized spacial score (nSPS) is 30.9. The van der Waals surface area contributed by atoms with Gasteiger partial charge in [-0.2, -0.15) is 0 Å². The predicted molar refractivity (Wildman–Crippen MR) is 98.4 cm³/mol. The molecule has 3 aliphatic rings. The lowest BCUT2D eigenvalue weighted by Gasteiger charge is -2.60. The Labute approximate surface area is 147 Å².